The second-order valence-electron chi connectivity index (χ2n) is 8.18. The smallest absolute Gasteiger partial charge is 0.177 e. The van der Waals surface area contributed by atoms with Crippen molar-refractivity contribution in [3.8, 4) is 5.75 Å². The molecule has 1 aliphatic rings. The minimum Gasteiger partial charge on any atom is -0.471 e. The van der Waals surface area contributed by atoms with Gasteiger partial charge >= 0.3 is 0 Å². The lowest BCUT2D eigenvalue weighted by Gasteiger charge is -2.31. The molecule has 0 unspecified atom stereocenters. The van der Waals surface area contributed by atoms with Crippen LogP contribution in [0.2, 0.25) is 10.0 Å². The normalized spacial score (nSPS) is 15.9. The third kappa shape index (κ3) is 5.34. The molecule has 0 amide bonds. The van der Waals surface area contributed by atoms with Crippen molar-refractivity contribution in [2.45, 2.75) is 25.1 Å². The number of piperidine rings is 1. The molecule has 0 aliphatic carbocycles. The number of pyridine rings is 1. The van der Waals surface area contributed by atoms with Crippen LogP contribution in [-0.4, -0.2) is 56.7 Å². The quantitative estimate of drug-likeness (QED) is 0.210. The van der Waals surface area contributed by atoms with Gasteiger partial charge in [0, 0.05) is 60.6 Å². The molecule has 1 aromatic carbocycles. The maximum Gasteiger partial charge on any atom is 0.177 e. The number of hydrogen-bond acceptors (Lipinski definition) is 8. The number of halogens is 2. The van der Waals surface area contributed by atoms with Crippen LogP contribution in [0.1, 0.15) is 41.8 Å². The Hall–Kier alpha value is -2.69. The molecular weight excluding hydrogens is 477 g/mol. The molecule has 4 rings (SSSR count). The zero-order valence-electron chi connectivity index (χ0n) is 18.5. The van der Waals surface area contributed by atoms with Gasteiger partial charge < -0.3 is 20.5 Å². The fraction of sp³-hybridized carbons (Fsp3) is 0.348. The summed E-state index contributed by atoms with van der Waals surface area (Å²) in [4.78, 5) is 6.17. The first-order chi connectivity index (χ1) is 16.4. The average molecular weight is 504 g/mol. The predicted octanol–water partition coefficient (Wildman–Crippen LogP) is 3.25. The van der Waals surface area contributed by atoms with Gasteiger partial charge in [-0.25, -0.2) is 0 Å². The van der Waals surface area contributed by atoms with Crippen molar-refractivity contribution in [2.24, 2.45) is 5.73 Å². The van der Waals surface area contributed by atoms with Crippen LogP contribution < -0.4 is 16.2 Å². The van der Waals surface area contributed by atoms with E-state index < -0.39 is 6.23 Å². The molecule has 2 aromatic heterocycles. The van der Waals surface area contributed by atoms with Crippen LogP contribution in [0.3, 0.4) is 0 Å². The lowest BCUT2D eigenvalue weighted by Crippen LogP contribution is -2.36. The zero-order chi connectivity index (χ0) is 24.2. The highest BCUT2D eigenvalue weighted by Crippen LogP contribution is 2.31. The molecule has 6 N–H and O–H groups in total. The molecule has 0 bridgehead atoms. The molecule has 11 heteroatoms. The van der Waals surface area contributed by atoms with E-state index in [1.165, 1.54) is 12.4 Å². The van der Waals surface area contributed by atoms with E-state index in [-0.39, 0.29) is 18.4 Å². The van der Waals surface area contributed by atoms with E-state index in [2.05, 4.69) is 15.0 Å². The number of aliphatic hydroxyl groups excluding tert-OH is 1. The SMILES string of the molecule is N=C(c1cnn(C2CCN(CCO)CC2)c1)c1cc(O[C@H](N)c2c(Cl)cncc2Cl)ccc1N. The molecule has 1 fully saturated rings. The molecular formula is C23H27Cl2N7O2. The molecule has 3 heterocycles. The van der Waals surface area contributed by atoms with E-state index in [1.807, 2.05) is 10.9 Å². The number of aliphatic hydroxyl groups is 1. The number of anilines is 1. The lowest BCUT2D eigenvalue weighted by molar-refractivity contribution is 0.145. The van der Waals surface area contributed by atoms with E-state index in [1.54, 1.807) is 24.4 Å². The highest BCUT2D eigenvalue weighted by molar-refractivity contribution is 6.35. The van der Waals surface area contributed by atoms with Crippen molar-refractivity contribution in [2.75, 3.05) is 32.0 Å². The predicted molar refractivity (Wildman–Crippen MR) is 133 cm³/mol. The van der Waals surface area contributed by atoms with E-state index >= 15 is 0 Å². The number of nitrogens with one attached hydrogen (secondary N) is 1. The van der Waals surface area contributed by atoms with Crippen molar-refractivity contribution in [3.63, 3.8) is 0 Å². The van der Waals surface area contributed by atoms with Crippen LogP contribution in [0.15, 0.2) is 43.0 Å². The molecule has 3 aromatic rings. The van der Waals surface area contributed by atoms with Gasteiger partial charge in [0.05, 0.1) is 34.6 Å². The highest BCUT2D eigenvalue weighted by Gasteiger charge is 2.22. The Kier molecular flexibility index (Phi) is 7.70. The van der Waals surface area contributed by atoms with Crippen LogP contribution in [0, 0.1) is 5.41 Å². The minimum absolute atomic E-state index is 0.172. The second-order valence-corrected chi connectivity index (χ2v) is 9.00. The topological polar surface area (TPSA) is 139 Å². The summed E-state index contributed by atoms with van der Waals surface area (Å²) in [6, 6.07) is 5.28. The fourth-order valence-electron chi connectivity index (χ4n) is 4.10. The zero-order valence-corrected chi connectivity index (χ0v) is 20.0. The average Bonchev–Trinajstić information content (AvgIpc) is 3.31. The standard InChI is InChI=1S/C23H27Cl2N7O2/c24-18-11-29-12-19(25)21(18)23(28)34-16-1-2-20(26)17(9-16)22(27)14-10-30-32(13-14)15-3-5-31(6-4-15)7-8-33/h1-2,9-13,15,23,27,33H,3-8,26,28H2/t23-/m0/s1. The van der Waals surface area contributed by atoms with E-state index in [0.29, 0.717) is 44.7 Å². The summed E-state index contributed by atoms with van der Waals surface area (Å²) in [7, 11) is 0. The summed E-state index contributed by atoms with van der Waals surface area (Å²) in [6.45, 7) is 2.69. The first-order valence-electron chi connectivity index (χ1n) is 10.9. The van der Waals surface area contributed by atoms with Crippen molar-refractivity contribution in [1.29, 1.82) is 5.41 Å². The maximum atomic E-state index is 9.12. The summed E-state index contributed by atoms with van der Waals surface area (Å²) in [6.07, 6.45) is 7.42. The third-order valence-corrected chi connectivity index (χ3v) is 6.57. The first-order valence-corrected chi connectivity index (χ1v) is 11.7. The van der Waals surface area contributed by atoms with Gasteiger partial charge in [-0.15, -0.1) is 0 Å². The number of hydrogen-bond donors (Lipinski definition) is 4. The molecule has 34 heavy (non-hydrogen) atoms. The molecule has 9 nitrogen and oxygen atoms in total. The van der Waals surface area contributed by atoms with Gasteiger partial charge in [-0.1, -0.05) is 23.2 Å². The minimum atomic E-state index is -0.923. The van der Waals surface area contributed by atoms with E-state index in [0.717, 1.165) is 25.9 Å². The highest BCUT2D eigenvalue weighted by atomic mass is 35.5. The van der Waals surface area contributed by atoms with Gasteiger partial charge in [0.2, 0.25) is 0 Å². The number of nitrogen functional groups attached to an aromatic ring is 1. The molecule has 1 saturated heterocycles. The maximum absolute atomic E-state index is 9.12. The van der Waals surface area contributed by atoms with Crippen molar-refractivity contribution in [1.82, 2.24) is 19.7 Å². The van der Waals surface area contributed by atoms with Crippen LogP contribution >= 0.6 is 23.2 Å². The summed E-state index contributed by atoms with van der Waals surface area (Å²) >= 11 is 12.4. The molecule has 180 valence electrons. The summed E-state index contributed by atoms with van der Waals surface area (Å²) < 4.78 is 7.78. The van der Waals surface area contributed by atoms with Crippen LogP contribution in [-0.2, 0) is 0 Å². The van der Waals surface area contributed by atoms with Gasteiger partial charge in [0.15, 0.2) is 6.23 Å². The Bertz CT molecular complexity index is 1140. The Balaban J connectivity index is 1.49. The number of likely N-dealkylation sites (tertiary alicyclic amines) is 1. The molecule has 0 spiro atoms. The monoisotopic (exact) mass is 503 g/mol. The Morgan fingerprint density at radius 2 is 1.91 bits per heavy atom. The number of nitrogens with two attached hydrogens (primary N) is 2. The van der Waals surface area contributed by atoms with E-state index in [9.17, 15) is 0 Å². The van der Waals surface area contributed by atoms with Crippen molar-refractivity contribution < 1.29 is 9.84 Å². The van der Waals surface area contributed by atoms with Crippen LogP contribution in [0.5, 0.6) is 5.75 Å². The molecule has 1 atom stereocenters. The molecule has 1 aliphatic heterocycles. The number of ether oxygens (including phenoxy) is 1. The fourth-order valence-corrected chi connectivity index (χ4v) is 4.67. The Morgan fingerprint density at radius 3 is 2.59 bits per heavy atom. The molecule has 0 radical (unpaired) electrons. The van der Waals surface area contributed by atoms with Crippen LogP contribution in [0.25, 0.3) is 0 Å². The number of rotatable bonds is 8. The van der Waals surface area contributed by atoms with Gasteiger partial charge in [-0.05, 0) is 31.0 Å². The largest absolute Gasteiger partial charge is 0.471 e. The van der Waals surface area contributed by atoms with Crippen molar-refractivity contribution in [3.05, 3.63) is 69.7 Å². The lowest BCUT2D eigenvalue weighted by atomic mass is 10.0. The van der Waals surface area contributed by atoms with Gasteiger partial charge in [0.25, 0.3) is 0 Å². The third-order valence-electron chi connectivity index (χ3n) is 5.97. The van der Waals surface area contributed by atoms with Gasteiger partial charge in [0.1, 0.15) is 5.75 Å². The number of β-amino-alcohol motifs (C(OH)–C–C–N with tert-alkyl or cyclic N) is 1. The van der Waals surface area contributed by atoms with Crippen LogP contribution in [0.4, 0.5) is 5.69 Å². The number of aromatic nitrogens is 3. The number of nitrogens with zero attached hydrogens (tertiary/aromatic N) is 4. The summed E-state index contributed by atoms with van der Waals surface area (Å²) in [5.74, 6) is 0.425. The van der Waals surface area contributed by atoms with Crippen molar-refractivity contribution >= 4 is 34.6 Å². The Labute approximate surface area is 207 Å². The van der Waals surface area contributed by atoms with E-state index in [4.69, 9.17) is 49.9 Å². The Morgan fingerprint density at radius 1 is 1.21 bits per heavy atom. The summed E-state index contributed by atoms with van der Waals surface area (Å²) in [5.41, 5.74) is 14.6. The van der Waals surface area contributed by atoms with Gasteiger partial charge in [-0.3, -0.25) is 20.8 Å². The van der Waals surface area contributed by atoms with Gasteiger partial charge in [-0.2, -0.15) is 5.10 Å². The molecule has 0 saturated carbocycles. The summed E-state index contributed by atoms with van der Waals surface area (Å²) in [5, 5.41) is 23.0. The second kappa shape index (κ2) is 10.7. The first kappa shape index (κ1) is 24.4. The number of benzene rings is 1.